The number of nitrogens with one attached hydrogen (secondary N) is 1. The van der Waals surface area contributed by atoms with Crippen molar-refractivity contribution < 1.29 is 13.9 Å². The average Bonchev–Trinajstić information content (AvgIpc) is 2.13. The third-order valence-corrected chi connectivity index (χ3v) is 2.43. The molecule has 0 atom stereocenters. The number of rotatable bonds is 5. The van der Waals surface area contributed by atoms with Crippen LogP contribution in [0.25, 0.3) is 0 Å². The summed E-state index contributed by atoms with van der Waals surface area (Å²) in [6.07, 6.45) is 0.588. The Kier molecular flexibility index (Phi) is 4.38. The summed E-state index contributed by atoms with van der Waals surface area (Å²) in [7, 11) is 0. The molecule has 0 radical (unpaired) electrons. The molecule has 0 aliphatic rings. The van der Waals surface area contributed by atoms with E-state index in [9.17, 15) is 8.78 Å². The second-order valence-electron chi connectivity index (χ2n) is 4.49. The second kappa shape index (κ2) is 5.37. The maximum atomic E-state index is 12.9. The van der Waals surface area contributed by atoms with Crippen molar-refractivity contribution in [3.63, 3.8) is 0 Å². The summed E-state index contributed by atoms with van der Waals surface area (Å²) in [5, 5.41) is 12.0. The molecule has 0 amide bonds. The lowest BCUT2D eigenvalue weighted by Gasteiger charge is -2.25. The van der Waals surface area contributed by atoms with Crippen molar-refractivity contribution >= 4 is 0 Å². The fourth-order valence-electron chi connectivity index (χ4n) is 1.42. The first-order valence-electron chi connectivity index (χ1n) is 5.24. The largest absolute Gasteiger partial charge is 0.396 e. The quantitative estimate of drug-likeness (QED) is 0.811. The molecule has 0 heterocycles. The number of benzene rings is 1. The molecule has 2 N–H and O–H groups in total. The predicted octanol–water partition coefficient (Wildman–Crippen LogP) is 2.22. The van der Waals surface area contributed by atoms with Gasteiger partial charge in [0.2, 0.25) is 0 Å². The first kappa shape index (κ1) is 13.1. The highest BCUT2D eigenvalue weighted by molar-refractivity contribution is 5.17. The third kappa shape index (κ3) is 4.24. The van der Waals surface area contributed by atoms with Gasteiger partial charge in [0.25, 0.3) is 0 Å². The van der Waals surface area contributed by atoms with Crippen molar-refractivity contribution in [2.75, 3.05) is 6.61 Å². The van der Waals surface area contributed by atoms with Crippen LogP contribution >= 0.6 is 0 Å². The van der Waals surface area contributed by atoms with Gasteiger partial charge in [-0.1, -0.05) is 0 Å². The molecule has 90 valence electrons. The summed E-state index contributed by atoms with van der Waals surface area (Å²) in [5.41, 5.74) is 0.306. The standard InChI is InChI=1S/C12H17F2NO/c1-12(2,3-4-16)15-8-9-5-10(13)7-11(14)6-9/h5-7,15-16H,3-4,8H2,1-2H3. The lowest BCUT2D eigenvalue weighted by atomic mass is 10.0. The van der Waals surface area contributed by atoms with Gasteiger partial charge in [-0.3, -0.25) is 0 Å². The molecular formula is C12H17F2NO. The lowest BCUT2D eigenvalue weighted by molar-refractivity contribution is 0.230. The molecule has 4 heteroatoms. The van der Waals surface area contributed by atoms with E-state index in [1.807, 2.05) is 13.8 Å². The minimum absolute atomic E-state index is 0.0809. The molecule has 0 unspecified atom stereocenters. The monoisotopic (exact) mass is 229 g/mol. The van der Waals surface area contributed by atoms with Crippen LogP contribution in [0.2, 0.25) is 0 Å². The minimum Gasteiger partial charge on any atom is -0.396 e. The highest BCUT2D eigenvalue weighted by Gasteiger charge is 2.15. The first-order valence-corrected chi connectivity index (χ1v) is 5.24. The summed E-state index contributed by atoms with van der Waals surface area (Å²) in [4.78, 5) is 0. The minimum atomic E-state index is -0.572. The highest BCUT2D eigenvalue weighted by atomic mass is 19.1. The van der Waals surface area contributed by atoms with Gasteiger partial charge in [0.05, 0.1) is 0 Å². The van der Waals surface area contributed by atoms with E-state index in [2.05, 4.69) is 5.32 Å². The maximum absolute atomic E-state index is 12.9. The van der Waals surface area contributed by atoms with Crippen LogP contribution in [0.15, 0.2) is 18.2 Å². The van der Waals surface area contributed by atoms with Gasteiger partial charge >= 0.3 is 0 Å². The zero-order valence-electron chi connectivity index (χ0n) is 9.56. The molecule has 0 spiro atoms. The molecule has 0 aromatic heterocycles. The fraction of sp³-hybridized carbons (Fsp3) is 0.500. The highest BCUT2D eigenvalue weighted by Crippen LogP contribution is 2.11. The van der Waals surface area contributed by atoms with Gasteiger partial charge in [-0.25, -0.2) is 8.78 Å². The number of halogens is 2. The lowest BCUT2D eigenvalue weighted by Crippen LogP contribution is -2.39. The van der Waals surface area contributed by atoms with E-state index >= 15 is 0 Å². The number of aliphatic hydroxyl groups is 1. The Bertz CT molecular complexity index is 333. The van der Waals surface area contributed by atoms with Crippen molar-refractivity contribution in [3.05, 3.63) is 35.4 Å². The van der Waals surface area contributed by atoms with Gasteiger partial charge in [-0.05, 0) is 38.0 Å². The van der Waals surface area contributed by atoms with Crippen LogP contribution < -0.4 is 5.32 Å². The molecule has 0 bridgehead atoms. The van der Waals surface area contributed by atoms with Gasteiger partial charge in [0.1, 0.15) is 11.6 Å². The van der Waals surface area contributed by atoms with Crippen LogP contribution in [-0.4, -0.2) is 17.3 Å². The second-order valence-corrected chi connectivity index (χ2v) is 4.49. The molecular weight excluding hydrogens is 212 g/mol. The molecule has 0 aliphatic heterocycles. The summed E-state index contributed by atoms with van der Waals surface area (Å²) in [6.45, 7) is 4.32. The fourth-order valence-corrected chi connectivity index (χ4v) is 1.42. The smallest absolute Gasteiger partial charge is 0.126 e. The van der Waals surface area contributed by atoms with Crippen molar-refractivity contribution in [1.29, 1.82) is 0 Å². The first-order chi connectivity index (χ1) is 7.43. The van der Waals surface area contributed by atoms with Crippen molar-refractivity contribution in [2.45, 2.75) is 32.4 Å². The van der Waals surface area contributed by atoms with Gasteiger partial charge in [0.15, 0.2) is 0 Å². The molecule has 0 fully saturated rings. The van der Waals surface area contributed by atoms with Crippen molar-refractivity contribution in [2.24, 2.45) is 0 Å². The van der Waals surface area contributed by atoms with Crippen LogP contribution in [0.3, 0.4) is 0 Å². The summed E-state index contributed by atoms with van der Waals surface area (Å²) >= 11 is 0. The van der Waals surface area contributed by atoms with Crippen LogP contribution in [0.5, 0.6) is 0 Å². The molecule has 1 aromatic rings. The molecule has 1 rings (SSSR count). The van der Waals surface area contributed by atoms with Crippen LogP contribution in [0, 0.1) is 11.6 Å². The Balaban J connectivity index is 2.60. The van der Waals surface area contributed by atoms with E-state index in [0.717, 1.165) is 6.07 Å². The van der Waals surface area contributed by atoms with E-state index in [4.69, 9.17) is 5.11 Å². The van der Waals surface area contributed by atoms with Crippen molar-refractivity contribution in [3.8, 4) is 0 Å². The molecule has 1 aromatic carbocycles. The van der Waals surface area contributed by atoms with E-state index in [1.165, 1.54) is 12.1 Å². The number of aliphatic hydroxyl groups excluding tert-OH is 1. The summed E-state index contributed by atoms with van der Waals surface area (Å²) in [6, 6.07) is 3.44. The molecule has 0 saturated carbocycles. The van der Waals surface area contributed by atoms with E-state index in [1.54, 1.807) is 0 Å². The normalized spacial score (nSPS) is 11.8. The maximum Gasteiger partial charge on any atom is 0.126 e. The van der Waals surface area contributed by atoms with E-state index in [0.29, 0.717) is 18.5 Å². The zero-order valence-corrected chi connectivity index (χ0v) is 9.56. The van der Waals surface area contributed by atoms with E-state index < -0.39 is 11.6 Å². The molecule has 0 aliphatic carbocycles. The SMILES string of the molecule is CC(C)(CCO)NCc1cc(F)cc(F)c1. The Morgan fingerprint density at radius 3 is 2.25 bits per heavy atom. The number of hydrogen-bond donors (Lipinski definition) is 2. The Morgan fingerprint density at radius 1 is 1.19 bits per heavy atom. The van der Waals surface area contributed by atoms with Gasteiger partial charge in [-0.15, -0.1) is 0 Å². The summed E-state index contributed by atoms with van der Waals surface area (Å²) < 4.78 is 25.8. The average molecular weight is 229 g/mol. The topological polar surface area (TPSA) is 32.3 Å². The van der Waals surface area contributed by atoms with Gasteiger partial charge < -0.3 is 10.4 Å². The Labute approximate surface area is 94.3 Å². The van der Waals surface area contributed by atoms with Gasteiger partial charge in [0, 0.05) is 24.8 Å². The number of hydrogen-bond acceptors (Lipinski definition) is 2. The third-order valence-electron chi connectivity index (χ3n) is 2.43. The van der Waals surface area contributed by atoms with Crippen LogP contribution in [0.1, 0.15) is 25.8 Å². The molecule has 16 heavy (non-hydrogen) atoms. The van der Waals surface area contributed by atoms with E-state index in [-0.39, 0.29) is 12.1 Å². The van der Waals surface area contributed by atoms with Crippen molar-refractivity contribution in [1.82, 2.24) is 5.32 Å². The Morgan fingerprint density at radius 2 is 1.75 bits per heavy atom. The van der Waals surface area contributed by atoms with Gasteiger partial charge in [-0.2, -0.15) is 0 Å². The Hall–Kier alpha value is -1.00. The summed E-state index contributed by atoms with van der Waals surface area (Å²) in [5.74, 6) is -1.14. The molecule has 2 nitrogen and oxygen atoms in total. The van der Waals surface area contributed by atoms with Crippen LogP contribution in [0.4, 0.5) is 8.78 Å². The van der Waals surface area contributed by atoms with Crippen LogP contribution in [-0.2, 0) is 6.54 Å². The zero-order chi connectivity index (χ0) is 12.2. The molecule has 0 saturated heterocycles. The predicted molar refractivity (Wildman–Crippen MR) is 59.0 cm³/mol.